The van der Waals surface area contributed by atoms with E-state index in [2.05, 4.69) is 135 Å². The standard InChI is InChI=1S/C36H26/c1-23-15-17-25(18-16-23)35-30-11-5-7-13-32(30)36(33-14-8-6-12-31(33)35)27-20-19-26-21-24(2)28-9-3-4-10-29(28)34(26)22-27/h3-22H,1-2H3. The van der Waals surface area contributed by atoms with Crippen molar-refractivity contribution >= 4 is 43.1 Å². The molecular formula is C36H26. The lowest BCUT2D eigenvalue weighted by molar-refractivity contribution is 1.47. The molecule has 0 saturated heterocycles. The molecule has 0 heterocycles. The van der Waals surface area contributed by atoms with Gasteiger partial charge in [0, 0.05) is 0 Å². The highest BCUT2D eigenvalue weighted by Crippen LogP contribution is 2.44. The summed E-state index contributed by atoms with van der Waals surface area (Å²) in [6.45, 7) is 4.36. The molecule has 0 saturated carbocycles. The van der Waals surface area contributed by atoms with Gasteiger partial charge in [-0.2, -0.15) is 0 Å². The minimum absolute atomic E-state index is 1.26. The molecule has 0 spiro atoms. The number of rotatable bonds is 2. The van der Waals surface area contributed by atoms with Crippen LogP contribution in [0.15, 0.2) is 121 Å². The summed E-state index contributed by atoms with van der Waals surface area (Å²) in [5.74, 6) is 0. The molecule has 36 heavy (non-hydrogen) atoms. The van der Waals surface area contributed by atoms with E-state index in [1.165, 1.54) is 76.5 Å². The highest BCUT2D eigenvalue weighted by Gasteiger charge is 2.17. The zero-order valence-electron chi connectivity index (χ0n) is 20.5. The van der Waals surface area contributed by atoms with Gasteiger partial charge in [0.25, 0.3) is 0 Å². The quantitative estimate of drug-likeness (QED) is 0.178. The van der Waals surface area contributed by atoms with Crippen LogP contribution in [0.25, 0.3) is 65.3 Å². The van der Waals surface area contributed by atoms with Crippen molar-refractivity contribution in [1.82, 2.24) is 0 Å². The van der Waals surface area contributed by atoms with Gasteiger partial charge in [-0.25, -0.2) is 0 Å². The van der Waals surface area contributed by atoms with Gasteiger partial charge in [0.15, 0.2) is 0 Å². The third-order valence-electron chi connectivity index (χ3n) is 7.63. The average Bonchev–Trinajstić information content (AvgIpc) is 2.92. The zero-order valence-corrected chi connectivity index (χ0v) is 20.5. The first-order valence-corrected chi connectivity index (χ1v) is 12.6. The van der Waals surface area contributed by atoms with Crippen molar-refractivity contribution in [3.05, 3.63) is 132 Å². The summed E-state index contributed by atoms with van der Waals surface area (Å²) in [6.07, 6.45) is 0. The molecule has 170 valence electrons. The Balaban J connectivity index is 1.61. The first-order chi connectivity index (χ1) is 17.7. The van der Waals surface area contributed by atoms with E-state index in [9.17, 15) is 0 Å². The molecular weight excluding hydrogens is 432 g/mol. The van der Waals surface area contributed by atoms with Gasteiger partial charge in [-0.3, -0.25) is 0 Å². The molecule has 7 rings (SSSR count). The molecule has 0 heteroatoms. The van der Waals surface area contributed by atoms with E-state index < -0.39 is 0 Å². The fraction of sp³-hybridized carbons (Fsp3) is 0.0556. The van der Waals surface area contributed by atoms with Crippen LogP contribution >= 0.6 is 0 Å². The van der Waals surface area contributed by atoms with Gasteiger partial charge in [0.2, 0.25) is 0 Å². The van der Waals surface area contributed by atoms with Crippen molar-refractivity contribution in [1.29, 1.82) is 0 Å². The maximum Gasteiger partial charge on any atom is -0.00261 e. The first-order valence-electron chi connectivity index (χ1n) is 12.6. The SMILES string of the molecule is Cc1ccc(-c2c3ccccc3c(-c3ccc4cc(C)c5ccccc5c4c3)c3ccccc23)cc1. The lowest BCUT2D eigenvalue weighted by atomic mass is 9.85. The molecule has 0 unspecified atom stereocenters. The summed E-state index contributed by atoms with van der Waals surface area (Å²) in [5, 5.41) is 10.4. The number of fused-ring (bicyclic) bond motifs is 5. The second kappa shape index (κ2) is 8.07. The molecule has 0 aliphatic rings. The van der Waals surface area contributed by atoms with E-state index in [4.69, 9.17) is 0 Å². The fourth-order valence-corrected chi connectivity index (χ4v) is 5.91. The molecule has 7 aromatic carbocycles. The van der Waals surface area contributed by atoms with Crippen molar-refractivity contribution in [2.24, 2.45) is 0 Å². The number of benzene rings is 7. The Bertz CT molecular complexity index is 1880. The smallest absolute Gasteiger partial charge is 0.00261 e. The molecule has 0 fully saturated rings. The summed E-state index contributed by atoms with van der Waals surface area (Å²) < 4.78 is 0. The van der Waals surface area contributed by atoms with Gasteiger partial charge >= 0.3 is 0 Å². The Morgan fingerprint density at radius 3 is 1.42 bits per heavy atom. The maximum atomic E-state index is 2.40. The maximum absolute atomic E-state index is 2.40. The third kappa shape index (κ3) is 3.15. The molecule has 0 N–H and O–H groups in total. The van der Waals surface area contributed by atoms with Crippen LogP contribution in [-0.4, -0.2) is 0 Å². The number of hydrogen-bond donors (Lipinski definition) is 0. The number of hydrogen-bond acceptors (Lipinski definition) is 0. The predicted octanol–water partition coefficient (Wildman–Crippen LogP) is 10.3. The van der Waals surface area contributed by atoms with E-state index in [1.807, 2.05) is 0 Å². The Morgan fingerprint density at radius 1 is 0.361 bits per heavy atom. The number of aryl methyl sites for hydroxylation is 2. The summed E-state index contributed by atoms with van der Waals surface area (Å²) in [4.78, 5) is 0. The second-order valence-electron chi connectivity index (χ2n) is 9.88. The molecule has 0 radical (unpaired) electrons. The summed E-state index contributed by atoms with van der Waals surface area (Å²) in [7, 11) is 0. The Morgan fingerprint density at radius 2 is 0.833 bits per heavy atom. The predicted molar refractivity (Wildman–Crippen MR) is 157 cm³/mol. The largest absolute Gasteiger partial charge is 0.0616 e. The molecule has 0 aliphatic heterocycles. The van der Waals surface area contributed by atoms with Gasteiger partial charge < -0.3 is 0 Å². The fourth-order valence-electron chi connectivity index (χ4n) is 5.91. The Kier molecular flexibility index (Phi) is 4.69. The molecule has 0 bridgehead atoms. The average molecular weight is 459 g/mol. The van der Waals surface area contributed by atoms with Gasteiger partial charge in [-0.05, 0) is 90.8 Å². The monoisotopic (exact) mass is 458 g/mol. The van der Waals surface area contributed by atoms with E-state index in [-0.39, 0.29) is 0 Å². The van der Waals surface area contributed by atoms with Crippen LogP contribution in [0.2, 0.25) is 0 Å². The van der Waals surface area contributed by atoms with Gasteiger partial charge in [0.1, 0.15) is 0 Å². The van der Waals surface area contributed by atoms with E-state index in [0.717, 1.165) is 0 Å². The van der Waals surface area contributed by atoms with Crippen molar-refractivity contribution in [2.45, 2.75) is 13.8 Å². The van der Waals surface area contributed by atoms with E-state index in [1.54, 1.807) is 0 Å². The molecule has 0 atom stereocenters. The molecule has 0 nitrogen and oxygen atoms in total. The molecule has 0 aliphatic carbocycles. The second-order valence-corrected chi connectivity index (χ2v) is 9.88. The van der Waals surface area contributed by atoms with Gasteiger partial charge in [-0.1, -0.05) is 121 Å². The van der Waals surface area contributed by atoms with Crippen LogP contribution in [0.4, 0.5) is 0 Å². The summed E-state index contributed by atoms with van der Waals surface area (Å²) in [6, 6.07) is 44.8. The van der Waals surface area contributed by atoms with Crippen LogP contribution in [0.5, 0.6) is 0 Å². The Hall–Kier alpha value is -4.42. The minimum Gasteiger partial charge on any atom is -0.0616 e. The van der Waals surface area contributed by atoms with Gasteiger partial charge in [0.05, 0.1) is 0 Å². The van der Waals surface area contributed by atoms with Crippen LogP contribution in [0.3, 0.4) is 0 Å². The molecule has 0 aromatic heterocycles. The first kappa shape index (κ1) is 20.9. The van der Waals surface area contributed by atoms with Gasteiger partial charge in [-0.15, -0.1) is 0 Å². The van der Waals surface area contributed by atoms with Crippen LogP contribution in [-0.2, 0) is 0 Å². The minimum atomic E-state index is 1.26. The van der Waals surface area contributed by atoms with Crippen molar-refractivity contribution < 1.29 is 0 Å². The normalized spacial score (nSPS) is 11.6. The lowest BCUT2D eigenvalue weighted by Gasteiger charge is -2.18. The summed E-state index contributed by atoms with van der Waals surface area (Å²) in [5.41, 5.74) is 7.75. The van der Waals surface area contributed by atoms with Crippen LogP contribution < -0.4 is 0 Å². The topological polar surface area (TPSA) is 0 Å². The van der Waals surface area contributed by atoms with Crippen LogP contribution in [0, 0.1) is 13.8 Å². The Labute approximate surface area is 211 Å². The van der Waals surface area contributed by atoms with Crippen molar-refractivity contribution in [2.75, 3.05) is 0 Å². The van der Waals surface area contributed by atoms with Crippen LogP contribution in [0.1, 0.15) is 11.1 Å². The van der Waals surface area contributed by atoms with E-state index >= 15 is 0 Å². The molecule has 7 aromatic rings. The van der Waals surface area contributed by atoms with Crippen molar-refractivity contribution in [3.8, 4) is 22.3 Å². The van der Waals surface area contributed by atoms with E-state index in [0.29, 0.717) is 0 Å². The summed E-state index contributed by atoms with van der Waals surface area (Å²) >= 11 is 0. The highest BCUT2D eigenvalue weighted by atomic mass is 14.2. The molecule has 0 amide bonds. The highest BCUT2D eigenvalue weighted by molar-refractivity contribution is 6.22. The lowest BCUT2D eigenvalue weighted by Crippen LogP contribution is -1.91. The third-order valence-corrected chi connectivity index (χ3v) is 7.63. The zero-order chi connectivity index (χ0) is 24.2. The van der Waals surface area contributed by atoms with Crippen molar-refractivity contribution in [3.63, 3.8) is 0 Å².